The number of aryl methyl sites for hydroxylation is 1. The number of benzene rings is 1. The molecular formula is C13H12N2O4. The summed E-state index contributed by atoms with van der Waals surface area (Å²) in [5, 5.41) is 4.66. The van der Waals surface area contributed by atoms with Crippen molar-refractivity contribution in [3.8, 4) is 0 Å². The Morgan fingerprint density at radius 1 is 1.26 bits per heavy atom. The highest BCUT2D eigenvalue weighted by molar-refractivity contribution is 6.81. The van der Waals surface area contributed by atoms with Crippen molar-refractivity contribution in [2.75, 3.05) is 11.6 Å². The third-order valence-electron chi connectivity index (χ3n) is 2.55. The number of hydrogen-bond donors (Lipinski definition) is 0. The fourth-order valence-electron chi connectivity index (χ4n) is 1.58. The molecule has 6 heteroatoms. The molecule has 2 rings (SSSR count). The van der Waals surface area contributed by atoms with Crippen molar-refractivity contribution in [1.82, 2.24) is 0 Å². The van der Waals surface area contributed by atoms with E-state index in [4.69, 9.17) is 0 Å². The van der Waals surface area contributed by atoms with Gasteiger partial charge in [0.2, 0.25) is 5.71 Å². The number of esters is 1. The minimum atomic E-state index is -0.945. The van der Waals surface area contributed by atoms with Crippen LogP contribution in [0.5, 0.6) is 0 Å². The number of nitrogens with zero attached hydrogens (tertiary/aromatic N) is 2. The molecule has 1 heterocycles. The molecule has 1 aromatic carbocycles. The van der Waals surface area contributed by atoms with Gasteiger partial charge in [-0.2, -0.15) is 10.1 Å². The van der Waals surface area contributed by atoms with Crippen LogP contribution in [0.15, 0.2) is 29.4 Å². The smallest absolute Gasteiger partial charge is 0.363 e. The quantitative estimate of drug-likeness (QED) is 0.596. The van der Waals surface area contributed by atoms with Crippen molar-refractivity contribution < 1.29 is 19.1 Å². The number of carbonyl (C=O) groups excluding carboxylic acids is 3. The molecule has 98 valence electrons. The lowest BCUT2D eigenvalue weighted by atomic mass is 10.2. The fourth-order valence-corrected chi connectivity index (χ4v) is 1.58. The van der Waals surface area contributed by atoms with Gasteiger partial charge < -0.3 is 4.74 Å². The number of hydrogen-bond acceptors (Lipinski definition) is 5. The molecule has 0 bridgehead atoms. The lowest BCUT2D eigenvalue weighted by Gasteiger charge is -2.10. The number of Topliss-reactive ketones (excluding diaryl/α,β-unsaturated/α-hetero) is 1. The largest absolute Gasteiger partial charge is 0.461 e. The van der Waals surface area contributed by atoms with E-state index in [-0.39, 0.29) is 6.61 Å². The van der Waals surface area contributed by atoms with Crippen LogP contribution in [0, 0.1) is 6.92 Å². The summed E-state index contributed by atoms with van der Waals surface area (Å²) in [7, 11) is 0. The van der Waals surface area contributed by atoms with E-state index in [1.165, 1.54) is 0 Å². The maximum absolute atomic E-state index is 11.8. The highest BCUT2D eigenvalue weighted by Crippen LogP contribution is 2.19. The van der Waals surface area contributed by atoms with Crippen LogP contribution in [0.25, 0.3) is 0 Å². The second-order valence-corrected chi connectivity index (χ2v) is 3.95. The van der Waals surface area contributed by atoms with Crippen molar-refractivity contribution >= 4 is 29.1 Å². The molecule has 0 fully saturated rings. The highest BCUT2D eigenvalue weighted by atomic mass is 16.5. The van der Waals surface area contributed by atoms with Gasteiger partial charge in [-0.15, -0.1) is 0 Å². The Labute approximate surface area is 109 Å². The van der Waals surface area contributed by atoms with Gasteiger partial charge in [-0.1, -0.05) is 17.7 Å². The van der Waals surface area contributed by atoms with Gasteiger partial charge in [0.15, 0.2) is 0 Å². The van der Waals surface area contributed by atoms with Crippen molar-refractivity contribution in [3.63, 3.8) is 0 Å². The standard InChI is InChI=1S/C13H12N2O4/c1-3-19-13(18)10-11(16)12(17)15(14-10)9-6-4-8(2)5-7-9/h4-7H,3H2,1-2H3. The molecule has 1 aliphatic rings. The topological polar surface area (TPSA) is 76.0 Å². The molecule has 0 aliphatic carbocycles. The first kappa shape index (κ1) is 12.9. The van der Waals surface area contributed by atoms with E-state index in [9.17, 15) is 14.4 Å². The molecular weight excluding hydrogens is 248 g/mol. The lowest BCUT2D eigenvalue weighted by Crippen LogP contribution is -2.30. The molecule has 1 amide bonds. The average molecular weight is 260 g/mol. The van der Waals surface area contributed by atoms with Gasteiger partial charge in [0.25, 0.3) is 5.78 Å². The van der Waals surface area contributed by atoms with Crippen LogP contribution < -0.4 is 5.01 Å². The predicted octanol–water partition coefficient (Wildman–Crippen LogP) is 0.830. The molecule has 0 unspecified atom stereocenters. The first-order valence-corrected chi connectivity index (χ1v) is 5.75. The third-order valence-corrected chi connectivity index (χ3v) is 2.55. The maximum Gasteiger partial charge on any atom is 0.363 e. The van der Waals surface area contributed by atoms with E-state index in [1.54, 1.807) is 31.2 Å². The summed E-state index contributed by atoms with van der Waals surface area (Å²) in [5.74, 6) is -2.68. The summed E-state index contributed by atoms with van der Waals surface area (Å²) in [6.07, 6.45) is 0. The van der Waals surface area contributed by atoms with E-state index in [0.29, 0.717) is 5.69 Å². The molecule has 1 aliphatic heterocycles. The van der Waals surface area contributed by atoms with E-state index in [1.807, 2.05) is 6.92 Å². The molecule has 0 saturated heterocycles. The molecule has 0 spiro atoms. The molecule has 0 atom stereocenters. The molecule has 0 aromatic heterocycles. The van der Waals surface area contributed by atoms with Gasteiger partial charge in [0.1, 0.15) is 0 Å². The Balaban J connectivity index is 2.32. The van der Waals surface area contributed by atoms with Crippen LogP contribution in [-0.4, -0.2) is 30.0 Å². The molecule has 6 nitrogen and oxygen atoms in total. The van der Waals surface area contributed by atoms with Crippen molar-refractivity contribution in [2.45, 2.75) is 13.8 Å². The minimum absolute atomic E-state index is 0.115. The maximum atomic E-state index is 11.8. The normalized spacial score (nSPS) is 14.6. The monoisotopic (exact) mass is 260 g/mol. The van der Waals surface area contributed by atoms with Gasteiger partial charge in [0.05, 0.1) is 12.3 Å². The number of ether oxygens (including phenoxy) is 1. The summed E-state index contributed by atoms with van der Waals surface area (Å²) >= 11 is 0. The van der Waals surface area contributed by atoms with Crippen molar-refractivity contribution in [1.29, 1.82) is 0 Å². The molecule has 1 aromatic rings. The third kappa shape index (κ3) is 2.37. The number of anilines is 1. The van der Waals surface area contributed by atoms with E-state index >= 15 is 0 Å². The molecule has 0 saturated carbocycles. The summed E-state index contributed by atoms with van der Waals surface area (Å²) < 4.78 is 4.68. The molecule has 0 N–H and O–H groups in total. The van der Waals surface area contributed by atoms with Crippen molar-refractivity contribution in [3.05, 3.63) is 29.8 Å². The number of ketones is 1. The van der Waals surface area contributed by atoms with Gasteiger partial charge in [-0.3, -0.25) is 9.59 Å². The average Bonchev–Trinajstić information content (AvgIpc) is 2.68. The molecule has 0 radical (unpaired) electrons. The summed E-state index contributed by atoms with van der Waals surface area (Å²) in [6, 6.07) is 6.87. The SMILES string of the molecule is CCOC(=O)C1=NN(c2ccc(C)cc2)C(=O)C1=O. The first-order chi connectivity index (χ1) is 9.04. The van der Waals surface area contributed by atoms with Crippen LogP contribution in [-0.2, 0) is 19.1 Å². The predicted molar refractivity (Wildman–Crippen MR) is 67.7 cm³/mol. The number of hydrazone groups is 1. The van der Waals surface area contributed by atoms with E-state index in [2.05, 4.69) is 9.84 Å². The number of amides is 1. The van der Waals surface area contributed by atoms with Crippen LogP contribution in [0.3, 0.4) is 0 Å². The van der Waals surface area contributed by atoms with Gasteiger partial charge in [-0.25, -0.2) is 4.79 Å². The summed E-state index contributed by atoms with van der Waals surface area (Å²) in [5.41, 5.74) is 0.965. The lowest BCUT2D eigenvalue weighted by molar-refractivity contribution is -0.137. The minimum Gasteiger partial charge on any atom is -0.461 e. The Morgan fingerprint density at radius 2 is 1.89 bits per heavy atom. The molecule has 19 heavy (non-hydrogen) atoms. The second kappa shape index (κ2) is 5.01. The van der Waals surface area contributed by atoms with Gasteiger partial charge >= 0.3 is 11.9 Å². The fraction of sp³-hybridized carbons (Fsp3) is 0.231. The first-order valence-electron chi connectivity index (χ1n) is 5.75. The number of rotatable bonds is 3. The Morgan fingerprint density at radius 3 is 2.47 bits per heavy atom. The highest BCUT2D eigenvalue weighted by Gasteiger charge is 2.39. The Hall–Kier alpha value is -2.50. The van der Waals surface area contributed by atoms with Crippen molar-refractivity contribution in [2.24, 2.45) is 5.10 Å². The zero-order valence-electron chi connectivity index (χ0n) is 10.5. The van der Waals surface area contributed by atoms with Crippen LogP contribution in [0.4, 0.5) is 5.69 Å². The summed E-state index contributed by atoms with van der Waals surface area (Å²) in [4.78, 5) is 34.9. The zero-order chi connectivity index (χ0) is 14.0. The van der Waals surface area contributed by atoms with Crippen LogP contribution >= 0.6 is 0 Å². The Kier molecular flexibility index (Phi) is 3.41. The van der Waals surface area contributed by atoms with Crippen LogP contribution in [0.2, 0.25) is 0 Å². The summed E-state index contributed by atoms with van der Waals surface area (Å²) in [6.45, 7) is 3.62. The Bertz CT molecular complexity index is 575. The van der Waals surface area contributed by atoms with Gasteiger partial charge in [0, 0.05) is 0 Å². The second-order valence-electron chi connectivity index (χ2n) is 3.95. The van der Waals surface area contributed by atoms with E-state index in [0.717, 1.165) is 10.6 Å². The van der Waals surface area contributed by atoms with E-state index < -0.39 is 23.4 Å². The number of carbonyl (C=O) groups is 3. The zero-order valence-corrected chi connectivity index (χ0v) is 10.5. The van der Waals surface area contributed by atoms with Crippen LogP contribution in [0.1, 0.15) is 12.5 Å². The van der Waals surface area contributed by atoms with Gasteiger partial charge in [-0.05, 0) is 26.0 Å².